The van der Waals surface area contributed by atoms with Gasteiger partial charge in [-0.05, 0) is 24.6 Å². The first-order chi connectivity index (χ1) is 9.48. The van der Waals surface area contributed by atoms with Gasteiger partial charge in [-0.1, -0.05) is 6.07 Å². The fourth-order valence-electron chi connectivity index (χ4n) is 1.95. The minimum Gasteiger partial charge on any atom is -0.325 e. The number of sulfone groups is 1. The van der Waals surface area contributed by atoms with Gasteiger partial charge in [-0.2, -0.15) is 5.26 Å². The number of carbonyl (C=O) groups excluding carboxylic acids is 1. The fraction of sp³-hybridized carbons (Fsp3) is 0.385. The molecular weight excluding hydrogens is 296 g/mol. The van der Waals surface area contributed by atoms with Crippen LogP contribution >= 0.6 is 11.8 Å². The van der Waals surface area contributed by atoms with Gasteiger partial charge in [-0.3, -0.25) is 4.79 Å². The Bertz CT molecular complexity index is 650. The molecule has 1 atom stereocenters. The first-order valence-corrected chi connectivity index (χ1v) is 8.97. The number of nitrogens with zero attached hydrogens (tertiary/aromatic N) is 1. The lowest BCUT2D eigenvalue weighted by atomic mass is 10.2. The molecule has 1 aromatic carbocycles. The van der Waals surface area contributed by atoms with Crippen molar-refractivity contribution in [3.05, 3.63) is 29.8 Å². The molecule has 1 aliphatic rings. The Morgan fingerprint density at radius 1 is 1.50 bits per heavy atom. The first kappa shape index (κ1) is 14.9. The van der Waals surface area contributed by atoms with Crippen LogP contribution < -0.4 is 5.32 Å². The third kappa shape index (κ3) is 4.25. The SMILES string of the molecule is N#Cc1cccc(NC(=O)CS[C@H]2CCS(=O)(=O)C2)c1. The van der Waals surface area contributed by atoms with E-state index in [0.717, 1.165) is 0 Å². The predicted molar refractivity (Wildman–Crippen MR) is 79.3 cm³/mol. The summed E-state index contributed by atoms with van der Waals surface area (Å²) in [6.45, 7) is 0. The second kappa shape index (κ2) is 6.29. The third-order valence-corrected chi connectivity index (χ3v) is 6.20. The number of anilines is 1. The summed E-state index contributed by atoms with van der Waals surface area (Å²) in [6, 6.07) is 8.67. The van der Waals surface area contributed by atoms with Crippen LogP contribution in [0.15, 0.2) is 24.3 Å². The van der Waals surface area contributed by atoms with E-state index in [4.69, 9.17) is 5.26 Å². The molecule has 0 radical (unpaired) electrons. The number of nitriles is 1. The molecule has 5 nitrogen and oxygen atoms in total. The van der Waals surface area contributed by atoms with Crippen LogP contribution in [-0.2, 0) is 14.6 Å². The van der Waals surface area contributed by atoms with Gasteiger partial charge in [0.15, 0.2) is 9.84 Å². The Balaban J connectivity index is 1.83. The van der Waals surface area contributed by atoms with E-state index < -0.39 is 9.84 Å². The lowest BCUT2D eigenvalue weighted by Crippen LogP contribution is -2.17. The molecule has 106 valence electrons. The third-order valence-electron chi connectivity index (χ3n) is 2.92. The molecule has 2 rings (SSSR count). The molecule has 0 spiro atoms. The van der Waals surface area contributed by atoms with E-state index in [1.165, 1.54) is 11.8 Å². The van der Waals surface area contributed by atoms with Gasteiger partial charge in [0, 0.05) is 10.9 Å². The van der Waals surface area contributed by atoms with Crippen LogP contribution in [0.4, 0.5) is 5.69 Å². The van der Waals surface area contributed by atoms with Crippen LogP contribution in [0.25, 0.3) is 0 Å². The van der Waals surface area contributed by atoms with Gasteiger partial charge >= 0.3 is 0 Å². The molecule has 0 unspecified atom stereocenters. The second-order valence-electron chi connectivity index (χ2n) is 4.58. The number of benzene rings is 1. The summed E-state index contributed by atoms with van der Waals surface area (Å²) in [4.78, 5) is 11.8. The fourth-order valence-corrected chi connectivity index (χ4v) is 5.39. The molecule has 20 heavy (non-hydrogen) atoms. The molecule has 0 bridgehead atoms. The van der Waals surface area contributed by atoms with Crippen LogP contribution in [0.2, 0.25) is 0 Å². The summed E-state index contributed by atoms with van der Waals surface area (Å²) < 4.78 is 22.6. The number of amides is 1. The maximum Gasteiger partial charge on any atom is 0.234 e. The van der Waals surface area contributed by atoms with E-state index in [-0.39, 0.29) is 28.4 Å². The van der Waals surface area contributed by atoms with Gasteiger partial charge in [-0.15, -0.1) is 11.8 Å². The largest absolute Gasteiger partial charge is 0.325 e. The van der Waals surface area contributed by atoms with Crippen molar-refractivity contribution in [3.8, 4) is 6.07 Å². The summed E-state index contributed by atoms with van der Waals surface area (Å²) in [5.74, 6) is 0.414. The number of rotatable bonds is 4. The van der Waals surface area contributed by atoms with Crippen molar-refractivity contribution in [1.29, 1.82) is 5.26 Å². The van der Waals surface area contributed by atoms with Crippen molar-refractivity contribution in [2.24, 2.45) is 0 Å². The zero-order chi connectivity index (χ0) is 14.6. The lowest BCUT2D eigenvalue weighted by Gasteiger charge is -2.08. The van der Waals surface area contributed by atoms with Gasteiger partial charge in [0.05, 0.1) is 28.9 Å². The molecule has 7 heteroatoms. The van der Waals surface area contributed by atoms with Crippen molar-refractivity contribution < 1.29 is 13.2 Å². The van der Waals surface area contributed by atoms with E-state index in [1.807, 2.05) is 6.07 Å². The molecule has 1 amide bonds. The maximum atomic E-state index is 11.8. The molecule has 1 aromatic rings. The Kier molecular flexibility index (Phi) is 4.68. The van der Waals surface area contributed by atoms with Crippen molar-refractivity contribution >= 4 is 33.2 Å². The number of hydrogen-bond donors (Lipinski definition) is 1. The molecule has 1 saturated heterocycles. The average Bonchev–Trinajstić information content (AvgIpc) is 2.76. The van der Waals surface area contributed by atoms with Crippen LogP contribution in [0.3, 0.4) is 0 Å². The highest BCUT2D eigenvalue weighted by Crippen LogP contribution is 2.24. The topological polar surface area (TPSA) is 87.0 Å². The van der Waals surface area contributed by atoms with Gasteiger partial charge in [-0.25, -0.2) is 8.42 Å². The summed E-state index contributed by atoms with van der Waals surface area (Å²) >= 11 is 1.37. The molecule has 1 N–H and O–H groups in total. The maximum absolute atomic E-state index is 11.8. The van der Waals surface area contributed by atoms with Crippen LogP contribution in [0.5, 0.6) is 0 Å². The minimum absolute atomic E-state index is 0.0104. The summed E-state index contributed by atoms with van der Waals surface area (Å²) in [5.41, 5.74) is 1.06. The smallest absolute Gasteiger partial charge is 0.234 e. The second-order valence-corrected chi connectivity index (χ2v) is 8.09. The van der Waals surface area contributed by atoms with E-state index >= 15 is 0 Å². The average molecular weight is 310 g/mol. The normalized spacial score (nSPS) is 20.2. The lowest BCUT2D eigenvalue weighted by molar-refractivity contribution is -0.113. The Labute approximate surface area is 122 Å². The Morgan fingerprint density at radius 3 is 2.95 bits per heavy atom. The standard InChI is InChI=1S/C13H14N2O3S2/c14-7-10-2-1-3-11(6-10)15-13(16)8-19-12-4-5-20(17,18)9-12/h1-3,6,12H,4-5,8-9H2,(H,15,16)/t12-/m0/s1. The van der Waals surface area contributed by atoms with E-state index in [1.54, 1.807) is 24.3 Å². The Morgan fingerprint density at radius 2 is 2.30 bits per heavy atom. The van der Waals surface area contributed by atoms with Gasteiger partial charge in [0.1, 0.15) is 0 Å². The van der Waals surface area contributed by atoms with Gasteiger partial charge < -0.3 is 5.32 Å². The highest BCUT2D eigenvalue weighted by Gasteiger charge is 2.28. The quantitative estimate of drug-likeness (QED) is 0.908. The molecule has 1 fully saturated rings. The molecule has 1 aliphatic heterocycles. The summed E-state index contributed by atoms with van der Waals surface area (Å²) in [6.07, 6.45) is 0.615. The van der Waals surface area contributed by atoms with Crippen LogP contribution in [0, 0.1) is 11.3 Å². The molecule has 0 aromatic heterocycles. The monoisotopic (exact) mass is 310 g/mol. The number of carbonyl (C=O) groups is 1. The molecule has 0 aliphatic carbocycles. The van der Waals surface area contributed by atoms with Gasteiger partial charge in [0.2, 0.25) is 5.91 Å². The van der Waals surface area contributed by atoms with Crippen molar-refractivity contribution in [2.45, 2.75) is 11.7 Å². The van der Waals surface area contributed by atoms with Crippen LogP contribution in [-0.4, -0.2) is 36.8 Å². The highest BCUT2D eigenvalue weighted by atomic mass is 32.2. The van der Waals surface area contributed by atoms with Crippen molar-refractivity contribution in [3.63, 3.8) is 0 Å². The molecular formula is C13H14N2O3S2. The minimum atomic E-state index is -2.90. The van der Waals surface area contributed by atoms with Crippen molar-refractivity contribution in [1.82, 2.24) is 0 Å². The van der Waals surface area contributed by atoms with Crippen LogP contribution in [0.1, 0.15) is 12.0 Å². The number of hydrogen-bond acceptors (Lipinski definition) is 5. The zero-order valence-corrected chi connectivity index (χ0v) is 12.3. The van der Waals surface area contributed by atoms with E-state index in [2.05, 4.69) is 5.32 Å². The summed E-state index contributed by atoms with van der Waals surface area (Å²) in [7, 11) is -2.90. The predicted octanol–water partition coefficient (Wildman–Crippen LogP) is 1.42. The first-order valence-electron chi connectivity index (χ1n) is 6.10. The van der Waals surface area contributed by atoms with E-state index in [0.29, 0.717) is 17.7 Å². The molecule has 0 saturated carbocycles. The van der Waals surface area contributed by atoms with Crippen molar-refractivity contribution in [2.75, 3.05) is 22.6 Å². The Hall–Kier alpha value is -1.52. The summed E-state index contributed by atoms with van der Waals surface area (Å²) in [5, 5.41) is 11.5. The zero-order valence-electron chi connectivity index (χ0n) is 10.7. The number of thioether (sulfide) groups is 1. The highest BCUT2D eigenvalue weighted by molar-refractivity contribution is 8.02. The molecule has 1 heterocycles. The van der Waals surface area contributed by atoms with Gasteiger partial charge in [0.25, 0.3) is 0 Å². The van der Waals surface area contributed by atoms with E-state index in [9.17, 15) is 13.2 Å². The number of nitrogens with one attached hydrogen (secondary N) is 1.